The predicted molar refractivity (Wildman–Crippen MR) is 73.6 cm³/mol. The van der Waals surface area contributed by atoms with E-state index in [9.17, 15) is 9.50 Å². The van der Waals surface area contributed by atoms with Gasteiger partial charge in [0.15, 0.2) is 0 Å². The molecule has 3 rings (SSSR count). The second kappa shape index (κ2) is 4.94. The van der Waals surface area contributed by atoms with Crippen molar-refractivity contribution in [3.63, 3.8) is 0 Å². The van der Waals surface area contributed by atoms with Crippen LogP contribution in [0, 0.1) is 11.7 Å². The van der Waals surface area contributed by atoms with Crippen LogP contribution in [0.5, 0.6) is 0 Å². The molecule has 1 saturated heterocycles. The van der Waals surface area contributed by atoms with Crippen LogP contribution in [0.15, 0.2) is 24.4 Å². The monoisotopic (exact) mass is 262 g/mol. The molecule has 4 heteroatoms. The fraction of sp³-hybridized carbons (Fsp3) is 0.467. The molecule has 0 bridgehead atoms. The number of hydrogen-bond acceptors (Lipinski definition) is 2. The lowest BCUT2D eigenvalue weighted by Gasteiger charge is -2.28. The van der Waals surface area contributed by atoms with Gasteiger partial charge in [0, 0.05) is 36.6 Å². The van der Waals surface area contributed by atoms with E-state index < -0.39 is 0 Å². The van der Waals surface area contributed by atoms with Crippen LogP contribution >= 0.6 is 0 Å². The van der Waals surface area contributed by atoms with Crippen molar-refractivity contribution < 1.29 is 9.50 Å². The predicted octanol–water partition coefficient (Wildman–Crippen LogP) is 1.83. The third-order valence-corrected chi connectivity index (χ3v) is 4.08. The minimum absolute atomic E-state index is 0.206. The number of piperidine rings is 1. The highest BCUT2D eigenvalue weighted by molar-refractivity contribution is 5.84. The Bertz CT molecular complexity index is 593. The SMILES string of the molecule is Cn1cc(CC2CNCCC2O)c2cc(F)ccc21. The average molecular weight is 262 g/mol. The molecule has 2 aromatic rings. The summed E-state index contributed by atoms with van der Waals surface area (Å²) in [7, 11) is 1.97. The quantitative estimate of drug-likeness (QED) is 0.866. The van der Waals surface area contributed by atoms with E-state index in [1.807, 2.05) is 23.9 Å². The van der Waals surface area contributed by atoms with Gasteiger partial charge >= 0.3 is 0 Å². The van der Waals surface area contributed by atoms with E-state index in [0.717, 1.165) is 42.4 Å². The van der Waals surface area contributed by atoms with Gasteiger partial charge in [-0.3, -0.25) is 0 Å². The number of nitrogens with one attached hydrogen (secondary N) is 1. The number of hydrogen-bond donors (Lipinski definition) is 2. The fourth-order valence-electron chi connectivity index (χ4n) is 3.01. The van der Waals surface area contributed by atoms with E-state index in [1.165, 1.54) is 6.07 Å². The van der Waals surface area contributed by atoms with E-state index in [4.69, 9.17) is 0 Å². The lowest BCUT2D eigenvalue weighted by atomic mass is 9.89. The van der Waals surface area contributed by atoms with Gasteiger partial charge in [0.05, 0.1) is 6.10 Å². The molecule has 0 aliphatic carbocycles. The number of benzene rings is 1. The largest absolute Gasteiger partial charge is 0.393 e. The standard InChI is InChI=1S/C15H19FN2O/c1-18-9-11(6-10-8-17-5-4-15(10)19)13-7-12(16)2-3-14(13)18/h2-3,7,9-10,15,17,19H,4-6,8H2,1H3. The van der Waals surface area contributed by atoms with Gasteiger partial charge in [-0.1, -0.05) is 0 Å². The van der Waals surface area contributed by atoms with E-state index in [2.05, 4.69) is 5.32 Å². The zero-order chi connectivity index (χ0) is 13.4. The van der Waals surface area contributed by atoms with Crippen molar-refractivity contribution in [3.8, 4) is 0 Å². The molecule has 1 aromatic heterocycles. The maximum absolute atomic E-state index is 13.4. The molecular formula is C15H19FN2O. The highest BCUT2D eigenvalue weighted by Crippen LogP contribution is 2.26. The first kappa shape index (κ1) is 12.6. The van der Waals surface area contributed by atoms with Crippen molar-refractivity contribution in [2.75, 3.05) is 13.1 Å². The number of aromatic nitrogens is 1. The van der Waals surface area contributed by atoms with Gasteiger partial charge in [0.2, 0.25) is 0 Å². The molecule has 1 aliphatic heterocycles. The zero-order valence-electron chi connectivity index (χ0n) is 11.1. The van der Waals surface area contributed by atoms with E-state index in [1.54, 1.807) is 6.07 Å². The second-order valence-corrected chi connectivity index (χ2v) is 5.45. The van der Waals surface area contributed by atoms with Crippen molar-refractivity contribution in [2.45, 2.75) is 18.9 Å². The Balaban J connectivity index is 1.94. The topological polar surface area (TPSA) is 37.2 Å². The number of halogens is 1. The second-order valence-electron chi connectivity index (χ2n) is 5.45. The summed E-state index contributed by atoms with van der Waals surface area (Å²) < 4.78 is 15.4. The molecule has 1 aromatic carbocycles. The first-order chi connectivity index (χ1) is 9.15. The van der Waals surface area contributed by atoms with Crippen molar-refractivity contribution in [3.05, 3.63) is 35.8 Å². The average Bonchev–Trinajstić information content (AvgIpc) is 2.69. The molecule has 102 valence electrons. The molecule has 0 saturated carbocycles. The summed E-state index contributed by atoms with van der Waals surface area (Å²) in [5, 5.41) is 14.3. The van der Waals surface area contributed by atoms with Gasteiger partial charge in [-0.25, -0.2) is 4.39 Å². The molecule has 0 spiro atoms. The van der Waals surface area contributed by atoms with Crippen molar-refractivity contribution in [2.24, 2.45) is 13.0 Å². The van der Waals surface area contributed by atoms with Crippen LogP contribution in [0.1, 0.15) is 12.0 Å². The van der Waals surface area contributed by atoms with Crippen molar-refractivity contribution >= 4 is 10.9 Å². The molecule has 0 amide bonds. The molecule has 2 N–H and O–H groups in total. The van der Waals surface area contributed by atoms with Gasteiger partial charge in [0.25, 0.3) is 0 Å². The van der Waals surface area contributed by atoms with Crippen LogP contribution in [0.3, 0.4) is 0 Å². The maximum Gasteiger partial charge on any atom is 0.123 e. The molecule has 3 nitrogen and oxygen atoms in total. The van der Waals surface area contributed by atoms with Gasteiger partial charge in [-0.2, -0.15) is 0 Å². The van der Waals surface area contributed by atoms with E-state index in [0.29, 0.717) is 0 Å². The number of aryl methyl sites for hydroxylation is 1. The van der Waals surface area contributed by atoms with Gasteiger partial charge in [0.1, 0.15) is 5.82 Å². The Morgan fingerprint density at radius 2 is 2.32 bits per heavy atom. The summed E-state index contributed by atoms with van der Waals surface area (Å²) in [6.07, 6.45) is 3.37. The van der Waals surface area contributed by atoms with Crippen molar-refractivity contribution in [1.82, 2.24) is 9.88 Å². The summed E-state index contributed by atoms with van der Waals surface area (Å²) in [5.74, 6) is 0.00452. The highest BCUT2D eigenvalue weighted by Gasteiger charge is 2.24. The molecule has 1 aliphatic rings. The van der Waals surface area contributed by atoms with Crippen LogP contribution in [-0.4, -0.2) is 28.9 Å². The summed E-state index contributed by atoms with van der Waals surface area (Å²) in [6, 6.07) is 4.89. The summed E-state index contributed by atoms with van der Waals surface area (Å²) in [4.78, 5) is 0. The van der Waals surface area contributed by atoms with Crippen LogP contribution < -0.4 is 5.32 Å². The molecule has 0 radical (unpaired) electrons. The Morgan fingerprint density at radius 3 is 3.11 bits per heavy atom. The Morgan fingerprint density at radius 1 is 1.47 bits per heavy atom. The highest BCUT2D eigenvalue weighted by atomic mass is 19.1. The first-order valence-electron chi connectivity index (χ1n) is 6.77. The van der Waals surface area contributed by atoms with Crippen LogP contribution in [-0.2, 0) is 13.5 Å². The lowest BCUT2D eigenvalue weighted by molar-refractivity contribution is 0.0793. The Kier molecular flexibility index (Phi) is 3.29. The van der Waals surface area contributed by atoms with Crippen LogP contribution in [0.2, 0.25) is 0 Å². The fourth-order valence-corrected chi connectivity index (χ4v) is 3.01. The first-order valence-corrected chi connectivity index (χ1v) is 6.77. The number of aliphatic hydroxyl groups excluding tert-OH is 1. The lowest BCUT2D eigenvalue weighted by Crippen LogP contribution is -2.40. The smallest absolute Gasteiger partial charge is 0.123 e. The minimum atomic E-state index is -0.259. The van der Waals surface area contributed by atoms with Crippen LogP contribution in [0.4, 0.5) is 4.39 Å². The molecular weight excluding hydrogens is 243 g/mol. The number of nitrogens with zero attached hydrogens (tertiary/aromatic N) is 1. The number of rotatable bonds is 2. The van der Waals surface area contributed by atoms with Crippen LogP contribution in [0.25, 0.3) is 10.9 Å². The normalized spacial score (nSPS) is 23.9. The molecule has 1 fully saturated rings. The zero-order valence-corrected chi connectivity index (χ0v) is 11.1. The van der Waals surface area contributed by atoms with E-state index >= 15 is 0 Å². The van der Waals surface area contributed by atoms with Gasteiger partial charge < -0.3 is 15.0 Å². The minimum Gasteiger partial charge on any atom is -0.393 e. The van der Waals surface area contributed by atoms with Crippen molar-refractivity contribution in [1.29, 1.82) is 0 Å². The van der Waals surface area contributed by atoms with Gasteiger partial charge in [-0.05, 0) is 43.1 Å². The number of fused-ring (bicyclic) bond motifs is 1. The van der Waals surface area contributed by atoms with Gasteiger partial charge in [-0.15, -0.1) is 0 Å². The summed E-state index contributed by atoms with van der Waals surface area (Å²) >= 11 is 0. The maximum atomic E-state index is 13.4. The molecule has 2 atom stereocenters. The molecule has 19 heavy (non-hydrogen) atoms. The number of aliphatic hydroxyl groups is 1. The molecule has 2 unspecified atom stereocenters. The molecule has 2 heterocycles. The summed E-state index contributed by atoms with van der Waals surface area (Å²) in [5.41, 5.74) is 2.15. The third-order valence-electron chi connectivity index (χ3n) is 4.08. The Hall–Kier alpha value is -1.39. The summed E-state index contributed by atoms with van der Waals surface area (Å²) in [6.45, 7) is 1.70. The Labute approximate surface area is 112 Å². The third kappa shape index (κ3) is 2.38. The van der Waals surface area contributed by atoms with E-state index in [-0.39, 0.29) is 17.8 Å².